The molecule has 26 heavy (non-hydrogen) atoms. The van der Waals surface area contributed by atoms with Gasteiger partial charge in [-0.05, 0) is 50.6 Å². The Kier molecular flexibility index (Phi) is 7.40. The second kappa shape index (κ2) is 9.32. The van der Waals surface area contributed by atoms with Crippen LogP contribution in [0.3, 0.4) is 0 Å². The van der Waals surface area contributed by atoms with Crippen molar-refractivity contribution >= 4 is 56.3 Å². The number of hydrogen-bond donors (Lipinski definition) is 0. The average molecular weight is 412 g/mol. The first-order valence-corrected chi connectivity index (χ1v) is 9.73. The van der Waals surface area contributed by atoms with Crippen molar-refractivity contribution < 1.29 is 9.53 Å². The van der Waals surface area contributed by atoms with E-state index in [4.69, 9.17) is 4.74 Å². The molecule has 3 aromatic rings. The van der Waals surface area contributed by atoms with Gasteiger partial charge < -0.3 is 9.64 Å². The topological polar surface area (TPSA) is 45.7 Å². The maximum atomic E-state index is 12.9. The van der Waals surface area contributed by atoms with Gasteiger partial charge in [0.2, 0.25) is 0 Å². The largest absolute Gasteiger partial charge is 0.497 e. The van der Waals surface area contributed by atoms with E-state index in [1.807, 2.05) is 49.8 Å². The van der Waals surface area contributed by atoms with Gasteiger partial charge in [0.1, 0.15) is 5.75 Å². The third-order valence-electron chi connectivity index (χ3n) is 3.78. The molecule has 0 atom stereocenters. The molecule has 5 nitrogen and oxygen atoms in total. The average Bonchev–Trinajstić information content (AvgIpc) is 3.26. The lowest BCUT2D eigenvalue weighted by molar-refractivity contribution is 0.0990. The van der Waals surface area contributed by atoms with E-state index in [1.165, 1.54) is 22.7 Å². The second-order valence-corrected chi connectivity index (χ2v) is 7.88. The van der Waals surface area contributed by atoms with Crippen LogP contribution in [-0.4, -0.2) is 50.1 Å². The summed E-state index contributed by atoms with van der Waals surface area (Å²) in [6.07, 6.45) is 0.892. The van der Waals surface area contributed by atoms with E-state index in [2.05, 4.69) is 9.88 Å². The third-order valence-corrected chi connectivity index (χ3v) is 5.70. The van der Waals surface area contributed by atoms with Crippen LogP contribution in [0.5, 0.6) is 5.75 Å². The van der Waals surface area contributed by atoms with Crippen LogP contribution in [0, 0.1) is 0 Å². The molecule has 140 valence electrons. The van der Waals surface area contributed by atoms with Gasteiger partial charge in [0.05, 0.1) is 22.2 Å². The van der Waals surface area contributed by atoms with Crippen LogP contribution < -0.4 is 9.64 Å². The number of thiazole rings is 1. The number of carbonyl (C=O) groups excluding carboxylic acids is 1. The molecule has 0 radical (unpaired) electrons. The van der Waals surface area contributed by atoms with E-state index in [9.17, 15) is 4.79 Å². The van der Waals surface area contributed by atoms with Crippen LogP contribution in [0.25, 0.3) is 10.2 Å². The van der Waals surface area contributed by atoms with Gasteiger partial charge in [0.15, 0.2) is 5.13 Å². The molecule has 0 bridgehead atoms. The standard InChI is InChI=1S/C18H21N3O2S2.ClH/c1-20(2)9-5-10-21(17(22)16-6-4-11-24-16)18-19-14-12-13(23-3)7-8-15(14)25-18;/h4,6-8,11-12H,5,9-10H2,1-3H3;1H. The van der Waals surface area contributed by atoms with Crippen LogP contribution in [0.4, 0.5) is 5.13 Å². The predicted molar refractivity (Wildman–Crippen MR) is 113 cm³/mol. The van der Waals surface area contributed by atoms with Crippen LogP contribution >= 0.6 is 35.1 Å². The van der Waals surface area contributed by atoms with Gasteiger partial charge in [-0.1, -0.05) is 17.4 Å². The lowest BCUT2D eigenvalue weighted by atomic mass is 10.3. The van der Waals surface area contributed by atoms with E-state index >= 15 is 0 Å². The van der Waals surface area contributed by atoms with E-state index in [0.717, 1.165) is 38.9 Å². The zero-order valence-electron chi connectivity index (χ0n) is 15.0. The second-order valence-electron chi connectivity index (χ2n) is 5.92. The minimum atomic E-state index is 0. The molecule has 0 unspecified atom stereocenters. The van der Waals surface area contributed by atoms with Crippen molar-refractivity contribution in [3.8, 4) is 5.75 Å². The Labute approximate surface area is 167 Å². The number of methoxy groups -OCH3 is 1. The quantitative estimate of drug-likeness (QED) is 0.578. The van der Waals surface area contributed by atoms with Gasteiger partial charge in [-0.2, -0.15) is 0 Å². The number of ether oxygens (including phenoxy) is 1. The van der Waals surface area contributed by atoms with Crippen LogP contribution in [0.1, 0.15) is 16.1 Å². The number of hydrogen-bond acceptors (Lipinski definition) is 6. The molecule has 0 N–H and O–H groups in total. The molecule has 3 rings (SSSR count). The highest BCUT2D eigenvalue weighted by Gasteiger charge is 2.22. The Morgan fingerprint density at radius 1 is 1.23 bits per heavy atom. The summed E-state index contributed by atoms with van der Waals surface area (Å²) in [5, 5.41) is 2.66. The van der Waals surface area contributed by atoms with Crippen LogP contribution in [0.2, 0.25) is 0 Å². The van der Waals surface area contributed by atoms with Gasteiger partial charge in [0, 0.05) is 12.6 Å². The highest BCUT2D eigenvalue weighted by Crippen LogP contribution is 2.32. The van der Waals surface area contributed by atoms with Crippen molar-refractivity contribution in [2.24, 2.45) is 0 Å². The molecule has 1 amide bonds. The normalized spacial score (nSPS) is 10.8. The minimum Gasteiger partial charge on any atom is -0.497 e. The van der Waals surface area contributed by atoms with Gasteiger partial charge in [-0.3, -0.25) is 9.69 Å². The van der Waals surface area contributed by atoms with Crippen LogP contribution in [0.15, 0.2) is 35.7 Å². The van der Waals surface area contributed by atoms with Crippen molar-refractivity contribution in [2.75, 3.05) is 39.2 Å². The van der Waals surface area contributed by atoms with Gasteiger partial charge in [-0.15, -0.1) is 23.7 Å². The van der Waals surface area contributed by atoms with E-state index < -0.39 is 0 Å². The Hall–Kier alpha value is -1.67. The molecule has 0 aliphatic carbocycles. The number of carbonyl (C=O) groups is 1. The summed E-state index contributed by atoms with van der Waals surface area (Å²) in [7, 11) is 5.72. The number of anilines is 1. The molecule has 0 aliphatic heterocycles. The van der Waals surface area contributed by atoms with Crippen molar-refractivity contribution in [1.29, 1.82) is 0 Å². The van der Waals surface area contributed by atoms with Crippen molar-refractivity contribution in [1.82, 2.24) is 9.88 Å². The number of nitrogens with zero attached hydrogens (tertiary/aromatic N) is 3. The highest BCUT2D eigenvalue weighted by atomic mass is 35.5. The zero-order valence-corrected chi connectivity index (χ0v) is 17.4. The summed E-state index contributed by atoms with van der Waals surface area (Å²) in [5.74, 6) is 0.785. The molecule has 0 aliphatic rings. The molecular formula is C18H22ClN3O2S2. The zero-order chi connectivity index (χ0) is 17.8. The van der Waals surface area contributed by atoms with Gasteiger partial charge >= 0.3 is 0 Å². The smallest absolute Gasteiger partial charge is 0.270 e. The fourth-order valence-electron chi connectivity index (χ4n) is 2.50. The molecule has 0 fully saturated rings. The summed E-state index contributed by atoms with van der Waals surface area (Å²) in [6.45, 7) is 1.57. The number of halogens is 1. The molecule has 8 heteroatoms. The SMILES string of the molecule is COc1ccc2sc(N(CCCN(C)C)C(=O)c3cccs3)nc2c1.Cl. The summed E-state index contributed by atoms with van der Waals surface area (Å²) < 4.78 is 6.32. The fraction of sp³-hybridized carbons (Fsp3) is 0.333. The van der Waals surface area contributed by atoms with Gasteiger partial charge in [0.25, 0.3) is 5.91 Å². The molecule has 0 saturated heterocycles. The van der Waals surface area contributed by atoms with Crippen LogP contribution in [-0.2, 0) is 0 Å². The van der Waals surface area contributed by atoms with Gasteiger partial charge in [-0.25, -0.2) is 4.98 Å². The number of aromatic nitrogens is 1. The Morgan fingerprint density at radius 2 is 2.04 bits per heavy atom. The Balaban J connectivity index is 0.00000243. The first kappa shape index (κ1) is 20.6. The Bertz CT molecular complexity index is 849. The predicted octanol–water partition coefficient (Wildman–Crippen LogP) is 4.39. The number of amides is 1. The first-order valence-electron chi connectivity index (χ1n) is 8.03. The molecule has 2 heterocycles. The molecule has 0 spiro atoms. The highest BCUT2D eigenvalue weighted by molar-refractivity contribution is 7.22. The molecule has 2 aromatic heterocycles. The molecule has 0 saturated carbocycles. The molecular weight excluding hydrogens is 390 g/mol. The number of fused-ring (bicyclic) bond motifs is 1. The lowest BCUT2D eigenvalue weighted by Gasteiger charge is -2.20. The number of benzene rings is 1. The summed E-state index contributed by atoms with van der Waals surface area (Å²) in [5.41, 5.74) is 0.857. The monoisotopic (exact) mass is 411 g/mol. The fourth-order valence-corrected chi connectivity index (χ4v) is 4.14. The summed E-state index contributed by atoms with van der Waals surface area (Å²) in [4.78, 5) is 22.3. The minimum absolute atomic E-state index is 0. The summed E-state index contributed by atoms with van der Waals surface area (Å²) in [6, 6.07) is 9.58. The molecule has 1 aromatic carbocycles. The number of rotatable bonds is 7. The lowest BCUT2D eigenvalue weighted by Crippen LogP contribution is -2.32. The van der Waals surface area contributed by atoms with E-state index in [-0.39, 0.29) is 18.3 Å². The van der Waals surface area contributed by atoms with Crippen molar-refractivity contribution in [3.63, 3.8) is 0 Å². The van der Waals surface area contributed by atoms with Crippen molar-refractivity contribution in [2.45, 2.75) is 6.42 Å². The van der Waals surface area contributed by atoms with Crippen molar-refractivity contribution in [3.05, 3.63) is 40.6 Å². The van der Waals surface area contributed by atoms with E-state index in [0.29, 0.717) is 6.54 Å². The maximum Gasteiger partial charge on any atom is 0.270 e. The third kappa shape index (κ3) is 4.73. The summed E-state index contributed by atoms with van der Waals surface area (Å²) >= 11 is 3.00. The first-order chi connectivity index (χ1) is 12.1. The van der Waals surface area contributed by atoms with E-state index in [1.54, 1.807) is 12.0 Å². The Morgan fingerprint density at radius 3 is 2.69 bits per heavy atom. The number of thiophene rings is 1. The maximum absolute atomic E-state index is 12.9.